The highest BCUT2D eigenvalue weighted by molar-refractivity contribution is 4.98. The molecule has 1 aliphatic carbocycles. The first-order valence-corrected chi connectivity index (χ1v) is 4.64. The first kappa shape index (κ1) is 7.56. The molecule has 11 heavy (non-hydrogen) atoms. The van der Waals surface area contributed by atoms with E-state index in [-0.39, 0.29) is 5.60 Å². The predicted octanol–water partition coefficient (Wildman–Crippen LogP) is 0.757. The number of hydrogen-bond donors (Lipinski definition) is 2. The molecule has 2 nitrogen and oxygen atoms in total. The van der Waals surface area contributed by atoms with Crippen molar-refractivity contribution in [3.63, 3.8) is 0 Å². The number of aliphatic hydroxyl groups is 1. The zero-order valence-electron chi connectivity index (χ0n) is 7.14. The number of rotatable bonds is 0. The van der Waals surface area contributed by atoms with E-state index in [1.165, 1.54) is 12.8 Å². The van der Waals surface area contributed by atoms with Gasteiger partial charge in [0.15, 0.2) is 0 Å². The second-order valence-electron chi connectivity index (χ2n) is 4.19. The lowest BCUT2D eigenvalue weighted by Crippen LogP contribution is -2.37. The molecule has 0 radical (unpaired) electrons. The Balaban J connectivity index is 2.19. The van der Waals surface area contributed by atoms with E-state index in [9.17, 15) is 5.11 Å². The minimum Gasteiger partial charge on any atom is -0.390 e. The van der Waals surface area contributed by atoms with Crippen LogP contribution in [0.15, 0.2) is 0 Å². The Kier molecular flexibility index (Phi) is 1.69. The van der Waals surface area contributed by atoms with Gasteiger partial charge in [-0.25, -0.2) is 0 Å². The van der Waals surface area contributed by atoms with Crippen molar-refractivity contribution in [2.45, 2.75) is 31.8 Å². The lowest BCUT2D eigenvalue weighted by molar-refractivity contribution is -0.0121. The number of hydrogen-bond acceptors (Lipinski definition) is 2. The third-order valence-corrected chi connectivity index (χ3v) is 3.58. The maximum atomic E-state index is 10.1. The standard InChI is InChI=1S/C9H17NO/c1-9(11)7-2-3-8(9)6-10-5-4-7/h7-8,10-11H,2-6H2,1H3/t7-,8+,9+/m0/s1. The third kappa shape index (κ3) is 1.09. The summed E-state index contributed by atoms with van der Waals surface area (Å²) in [6, 6.07) is 0. The van der Waals surface area contributed by atoms with Crippen LogP contribution in [0.3, 0.4) is 0 Å². The van der Waals surface area contributed by atoms with Gasteiger partial charge in [-0.2, -0.15) is 0 Å². The van der Waals surface area contributed by atoms with Crippen molar-refractivity contribution in [1.29, 1.82) is 0 Å². The van der Waals surface area contributed by atoms with Crippen LogP contribution in [-0.2, 0) is 0 Å². The first-order valence-electron chi connectivity index (χ1n) is 4.64. The van der Waals surface area contributed by atoms with Gasteiger partial charge in [0.05, 0.1) is 5.60 Å². The average molecular weight is 155 g/mol. The molecular formula is C9H17NO. The van der Waals surface area contributed by atoms with Crippen LogP contribution in [0.5, 0.6) is 0 Å². The van der Waals surface area contributed by atoms with Crippen molar-refractivity contribution in [2.24, 2.45) is 11.8 Å². The summed E-state index contributed by atoms with van der Waals surface area (Å²) < 4.78 is 0. The Morgan fingerprint density at radius 3 is 2.82 bits per heavy atom. The van der Waals surface area contributed by atoms with Crippen molar-refractivity contribution in [1.82, 2.24) is 5.32 Å². The van der Waals surface area contributed by atoms with E-state index in [0.717, 1.165) is 19.5 Å². The van der Waals surface area contributed by atoms with Gasteiger partial charge in [-0.05, 0) is 38.6 Å². The number of fused-ring (bicyclic) bond motifs is 2. The summed E-state index contributed by atoms with van der Waals surface area (Å²) >= 11 is 0. The van der Waals surface area contributed by atoms with Crippen LogP contribution in [-0.4, -0.2) is 23.8 Å². The maximum Gasteiger partial charge on any atom is 0.0688 e. The van der Waals surface area contributed by atoms with Gasteiger partial charge in [-0.15, -0.1) is 0 Å². The lowest BCUT2D eigenvalue weighted by Gasteiger charge is -2.28. The van der Waals surface area contributed by atoms with Crippen molar-refractivity contribution >= 4 is 0 Å². The molecular weight excluding hydrogens is 138 g/mol. The van der Waals surface area contributed by atoms with Crippen LogP contribution in [0.25, 0.3) is 0 Å². The Labute approximate surface area is 68.0 Å². The van der Waals surface area contributed by atoms with Gasteiger partial charge in [-0.1, -0.05) is 0 Å². The Morgan fingerprint density at radius 1 is 1.27 bits per heavy atom. The summed E-state index contributed by atoms with van der Waals surface area (Å²) in [7, 11) is 0. The molecule has 2 rings (SSSR count). The van der Waals surface area contributed by atoms with Crippen LogP contribution in [0.1, 0.15) is 26.2 Å². The molecule has 2 heteroatoms. The zero-order chi connectivity index (χ0) is 7.90. The van der Waals surface area contributed by atoms with Crippen molar-refractivity contribution in [3.05, 3.63) is 0 Å². The molecule has 1 heterocycles. The third-order valence-electron chi connectivity index (χ3n) is 3.58. The van der Waals surface area contributed by atoms with Gasteiger partial charge in [-0.3, -0.25) is 0 Å². The summed E-state index contributed by atoms with van der Waals surface area (Å²) in [5.41, 5.74) is -0.372. The summed E-state index contributed by atoms with van der Waals surface area (Å²) in [5, 5.41) is 13.5. The van der Waals surface area contributed by atoms with Crippen LogP contribution in [0, 0.1) is 11.8 Å². The molecule has 0 aromatic heterocycles. The molecule has 1 saturated heterocycles. The fraction of sp³-hybridized carbons (Fsp3) is 1.00. The second-order valence-corrected chi connectivity index (χ2v) is 4.19. The van der Waals surface area contributed by atoms with E-state index in [2.05, 4.69) is 5.32 Å². The van der Waals surface area contributed by atoms with Gasteiger partial charge in [0.1, 0.15) is 0 Å². The zero-order valence-corrected chi connectivity index (χ0v) is 7.14. The van der Waals surface area contributed by atoms with E-state index in [0.29, 0.717) is 11.8 Å². The van der Waals surface area contributed by atoms with Crippen molar-refractivity contribution in [3.8, 4) is 0 Å². The lowest BCUT2D eigenvalue weighted by atomic mass is 9.85. The molecule has 0 spiro atoms. The Morgan fingerprint density at radius 2 is 2.00 bits per heavy atom. The molecule has 0 aromatic carbocycles. The van der Waals surface area contributed by atoms with Crippen LogP contribution >= 0.6 is 0 Å². The van der Waals surface area contributed by atoms with Gasteiger partial charge in [0, 0.05) is 12.5 Å². The van der Waals surface area contributed by atoms with Crippen molar-refractivity contribution in [2.75, 3.05) is 13.1 Å². The molecule has 2 bridgehead atoms. The Hall–Kier alpha value is -0.0800. The minimum absolute atomic E-state index is 0.372. The summed E-state index contributed by atoms with van der Waals surface area (Å²) in [5.74, 6) is 1.07. The highest BCUT2D eigenvalue weighted by Crippen LogP contribution is 2.42. The molecule has 2 N–H and O–H groups in total. The van der Waals surface area contributed by atoms with E-state index in [1.807, 2.05) is 6.92 Å². The van der Waals surface area contributed by atoms with E-state index >= 15 is 0 Å². The molecule has 2 aliphatic rings. The predicted molar refractivity (Wildman–Crippen MR) is 44.3 cm³/mol. The summed E-state index contributed by atoms with van der Waals surface area (Å²) in [6.45, 7) is 4.13. The average Bonchev–Trinajstić information content (AvgIpc) is 2.00. The van der Waals surface area contributed by atoms with Crippen LogP contribution in [0.2, 0.25) is 0 Å². The van der Waals surface area contributed by atoms with Crippen molar-refractivity contribution < 1.29 is 5.11 Å². The monoisotopic (exact) mass is 155 g/mol. The second kappa shape index (κ2) is 2.46. The van der Waals surface area contributed by atoms with Gasteiger partial charge in [0.2, 0.25) is 0 Å². The van der Waals surface area contributed by atoms with Gasteiger partial charge in [0.25, 0.3) is 0 Å². The summed E-state index contributed by atoms with van der Waals surface area (Å²) in [6.07, 6.45) is 3.60. The van der Waals surface area contributed by atoms with E-state index in [4.69, 9.17) is 0 Å². The highest BCUT2D eigenvalue weighted by atomic mass is 16.3. The van der Waals surface area contributed by atoms with E-state index in [1.54, 1.807) is 0 Å². The summed E-state index contributed by atoms with van der Waals surface area (Å²) in [4.78, 5) is 0. The Bertz CT molecular complexity index is 140. The molecule has 3 atom stereocenters. The number of nitrogens with one attached hydrogen (secondary N) is 1. The first-order chi connectivity index (χ1) is 5.21. The molecule has 2 fully saturated rings. The smallest absolute Gasteiger partial charge is 0.0688 e. The highest BCUT2D eigenvalue weighted by Gasteiger charge is 2.45. The van der Waals surface area contributed by atoms with Gasteiger partial charge >= 0.3 is 0 Å². The molecule has 64 valence electrons. The topological polar surface area (TPSA) is 32.3 Å². The minimum atomic E-state index is -0.372. The normalized spacial score (nSPS) is 50.7. The van der Waals surface area contributed by atoms with Gasteiger partial charge < -0.3 is 10.4 Å². The van der Waals surface area contributed by atoms with Crippen LogP contribution < -0.4 is 5.32 Å². The molecule has 0 unspecified atom stereocenters. The molecule has 0 amide bonds. The molecule has 1 aliphatic heterocycles. The fourth-order valence-corrected chi connectivity index (χ4v) is 2.62. The maximum absolute atomic E-state index is 10.1. The largest absolute Gasteiger partial charge is 0.390 e. The SMILES string of the molecule is C[C@@]1(O)[C@@H]2CCNC[C@H]1CC2. The van der Waals surface area contributed by atoms with E-state index < -0.39 is 0 Å². The fourth-order valence-electron chi connectivity index (χ4n) is 2.62. The van der Waals surface area contributed by atoms with Crippen LogP contribution in [0.4, 0.5) is 0 Å². The molecule has 0 aromatic rings. The quantitative estimate of drug-likeness (QED) is 0.541. The molecule has 1 saturated carbocycles.